The number of hydrogen-bond acceptors (Lipinski definition) is 12. The van der Waals surface area contributed by atoms with E-state index >= 15 is 0 Å². The summed E-state index contributed by atoms with van der Waals surface area (Å²) < 4.78 is 27.6. The molecule has 0 radical (unpaired) electrons. The van der Waals surface area contributed by atoms with E-state index in [2.05, 4.69) is 0 Å². The number of methoxy groups -OCH3 is 2. The number of aliphatic hydroxyl groups excluding tert-OH is 7. The number of hydrogen-bond donors (Lipinski definition) is 7. The van der Waals surface area contributed by atoms with E-state index in [0.29, 0.717) is 29.9 Å². The van der Waals surface area contributed by atoms with Crippen LogP contribution in [0.5, 0.6) is 23.0 Å². The zero-order valence-corrected chi connectivity index (χ0v) is 21.2. The first-order valence-corrected chi connectivity index (χ1v) is 12.2. The summed E-state index contributed by atoms with van der Waals surface area (Å²) in [5.41, 5.74) is 1.25. The van der Waals surface area contributed by atoms with Crippen LogP contribution in [0.4, 0.5) is 0 Å². The monoisotopic (exact) mass is 540 g/mol. The van der Waals surface area contributed by atoms with Crippen molar-refractivity contribution in [1.29, 1.82) is 0 Å². The highest BCUT2D eigenvalue weighted by molar-refractivity contribution is 5.45. The molecule has 0 spiro atoms. The van der Waals surface area contributed by atoms with Gasteiger partial charge in [0.05, 0.1) is 27.4 Å². The van der Waals surface area contributed by atoms with Crippen molar-refractivity contribution in [2.45, 2.75) is 55.8 Å². The van der Waals surface area contributed by atoms with Crippen LogP contribution in [-0.2, 0) is 11.2 Å². The minimum absolute atomic E-state index is 0.0646. The molecule has 38 heavy (non-hydrogen) atoms. The second-order valence-electron chi connectivity index (χ2n) is 8.82. The van der Waals surface area contributed by atoms with E-state index in [1.165, 1.54) is 32.4 Å². The molecule has 1 heterocycles. The maximum atomic E-state index is 11.0. The van der Waals surface area contributed by atoms with Gasteiger partial charge in [0.1, 0.15) is 30.5 Å². The summed E-state index contributed by atoms with van der Waals surface area (Å²) in [5, 5.41) is 69.5. The highest BCUT2D eigenvalue weighted by atomic mass is 16.7. The summed E-state index contributed by atoms with van der Waals surface area (Å²) in [4.78, 5) is 0. The fourth-order valence-corrected chi connectivity index (χ4v) is 4.08. The topological polar surface area (TPSA) is 188 Å². The highest BCUT2D eigenvalue weighted by Gasteiger charge is 2.45. The van der Waals surface area contributed by atoms with Crippen LogP contribution in [-0.4, -0.2) is 107 Å². The van der Waals surface area contributed by atoms with Gasteiger partial charge in [-0.25, -0.2) is 0 Å². The fourth-order valence-electron chi connectivity index (χ4n) is 4.08. The minimum atomic E-state index is -1.61. The molecule has 1 saturated heterocycles. The SMILES string of the molecule is COc1cc([C@@H](O)[C@H](CO)Oc2ccc(CCCO)cc2OC)ccc1O[C@@H]1O[C@H](CO)[C@@H](O)[C@H](O)[C@H]1O. The lowest BCUT2D eigenvalue weighted by Crippen LogP contribution is -2.60. The third-order valence-corrected chi connectivity index (χ3v) is 6.28. The van der Waals surface area contributed by atoms with E-state index in [1.807, 2.05) is 6.07 Å². The Hall–Kier alpha value is -2.68. The van der Waals surface area contributed by atoms with E-state index in [4.69, 9.17) is 28.8 Å². The smallest absolute Gasteiger partial charge is 0.229 e. The first kappa shape index (κ1) is 29.9. The second-order valence-corrected chi connectivity index (χ2v) is 8.82. The van der Waals surface area contributed by atoms with Gasteiger partial charge in [-0.1, -0.05) is 12.1 Å². The van der Waals surface area contributed by atoms with Gasteiger partial charge in [-0.15, -0.1) is 0 Å². The molecule has 7 atom stereocenters. The van der Waals surface area contributed by atoms with Crippen LogP contribution in [0.1, 0.15) is 23.7 Å². The Morgan fingerprint density at radius 3 is 2.16 bits per heavy atom. The fraction of sp³-hybridized carbons (Fsp3) is 0.538. The molecule has 7 N–H and O–H groups in total. The Labute approximate surface area is 220 Å². The third kappa shape index (κ3) is 6.84. The van der Waals surface area contributed by atoms with E-state index in [0.717, 1.165) is 5.56 Å². The number of rotatable bonds is 13. The molecule has 2 aromatic rings. The van der Waals surface area contributed by atoms with Crippen LogP contribution in [0.25, 0.3) is 0 Å². The zero-order valence-electron chi connectivity index (χ0n) is 21.2. The van der Waals surface area contributed by atoms with E-state index in [-0.39, 0.29) is 18.1 Å². The zero-order chi connectivity index (χ0) is 27.8. The molecular formula is C26H36O12. The third-order valence-electron chi connectivity index (χ3n) is 6.28. The molecule has 0 saturated carbocycles. The van der Waals surface area contributed by atoms with Crippen LogP contribution in [0.2, 0.25) is 0 Å². The minimum Gasteiger partial charge on any atom is -0.493 e. The lowest BCUT2D eigenvalue weighted by atomic mass is 9.99. The molecule has 12 nitrogen and oxygen atoms in total. The van der Waals surface area contributed by atoms with Crippen LogP contribution < -0.4 is 18.9 Å². The van der Waals surface area contributed by atoms with Crippen molar-refractivity contribution in [2.75, 3.05) is 34.0 Å². The largest absolute Gasteiger partial charge is 0.493 e. The van der Waals surface area contributed by atoms with Gasteiger partial charge in [0.2, 0.25) is 6.29 Å². The normalized spacial score (nSPS) is 24.9. The van der Waals surface area contributed by atoms with E-state index in [9.17, 15) is 30.6 Å². The molecule has 3 rings (SSSR count). The van der Waals surface area contributed by atoms with Crippen molar-refractivity contribution in [3.63, 3.8) is 0 Å². The first-order valence-electron chi connectivity index (χ1n) is 12.2. The average molecular weight is 541 g/mol. The molecule has 1 aliphatic rings. The van der Waals surface area contributed by atoms with Crippen molar-refractivity contribution in [3.05, 3.63) is 47.5 Å². The predicted octanol–water partition coefficient (Wildman–Crippen LogP) is -0.719. The van der Waals surface area contributed by atoms with Crippen molar-refractivity contribution in [2.24, 2.45) is 0 Å². The van der Waals surface area contributed by atoms with Gasteiger partial charge < -0.3 is 59.4 Å². The van der Waals surface area contributed by atoms with Gasteiger partial charge in [0.25, 0.3) is 0 Å². The molecule has 12 heteroatoms. The molecule has 1 aliphatic heterocycles. The lowest BCUT2D eigenvalue weighted by molar-refractivity contribution is -0.277. The summed E-state index contributed by atoms with van der Waals surface area (Å²) in [7, 11) is 2.83. The molecular weight excluding hydrogens is 504 g/mol. The van der Waals surface area contributed by atoms with Crippen molar-refractivity contribution in [3.8, 4) is 23.0 Å². The molecule has 0 aromatic heterocycles. The molecule has 0 aliphatic carbocycles. The van der Waals surface area contributed by atoms with E-state index in [1.54, 1.807) is 12.1 Å². The summed E-state index contributed by atoms with van der Waals surface area (Å²) in [6.07, 6.45) is -8.44. The molecule has 0 unspecified atom stereocenters. The Morgan fingerprint density at radius 2 is 1.53 bits per heavy atom. The summed E-state index contributed by atoms with van der Waals surface area (Å²) >= 11 is 0. The van der Waals surface area contributed by atoms with Crippen molar-refractivity contribution >= 4 is 0 Å². The number of aryl methyl sites for hydroxylation is 1. The molecule has 0 amide bonds. The Balaban J connectivity index is 1.76. The van der Waals surface area contributed by atoms with Gasteiger partial charge in [-0.05, 0) is 48.2 Å². The molecule has 1 fully saturated rings. The lowest BCUT2D eigenvalue weighted by Gasteiger charge is -2.39. The Bertz CT molecular complexity index is 1020. The Kier molecular flexibility index (Phi) is 10.9. The standard InChI is InChI=1S/C26H36O12/c1-34-18-10-14(4-3-9-27)5-7-16(18)36-20(12-28)22(30)15-6-8-17(19(11-15)35-2)37-26-25(33)24(32)23(31)21(13-29)38-26/h5-8,10-11,20-33H,3-4,9,12-13H2,1-2H3/t20-,21+,22+,23+,24-,25+,26+/m0/s1. The van der Waals surface area contributed by atoms with E-state index < -0.39 is 56.1 Å². The van der Waals surface area contributed by atoms with Crippen LogP contribution in [0, 0.1) is 0 Å². The first-order chi connectivity index (χ1) is 18.3. The van der Waals surface area contributed by atoms with Gasteiger partial charge >= 0.3 is 0 Å². The number of ether oxygens (including phenoxy) is 5. The van der Waals surface area contributed by atoms with Gasteiger partial charge in [0.15, 0.2) is 29.1 Å². The number of aliphatic hydroxyl groups is 7. The molecule has 2 aromatic carbocycles. The number of benzene rings is 2. The average Bonchev–Trinajstić information content (AvgIpc) is 2.94. The summed E-state index contributed by atoms with van der Waals surface area (Å²) in [6.45, 7) is -1.07. The Morgan fingerprint density at radius 1 is 0.842 bits per heavy atom. The van der Waals surface area contributed by atoms with Gasteiger partial charge in [0, 0.05) is 6.61 Å². The quantitative estimate of drug-likeness (QED) is 0.169. The summed E-state index contributed by atoms with van der Waals surface area (Å²) in [5.74, 6) is 0.954. The summed E-state index contributed by atoms with van der Waals surface area (Å²) in [6, 6.07) is 9.62. The second kappa shape index (κ2) is 13.9. The maximum Gasteiger partial charge on any atom is 0.229 e. The van der Waals surface area contributed by atoms with Gasteiger partial charge in [-0.3, -0.25) is 0 Å². The molecule has 212 valence electrons. The maximum absolute atomic E-state index is 11.0. The van der Waals surface area contributed by atoms with Crippen LogP contribution >= 0.6 is 0 Å². The van der Waals surface area contributed by atoms with Gasteiger partial charge in [-0.2, -0.15) is 0 Å². The van der Waals surface area contributed by atoms with Crippen LogP contribution in [0.3, 0.4) is 0 Å². The highest BCUT2D eigenvalue weighted by Crippen LogP contribution is 2.36. The van der Waals surface area contributed by atoms with Crippen LogP contribution in [0.15, 0.2) is 36.4 Å². The molecule has 0 bridgehead atoms. The van der Waals surface area contributed by atoms with Crippen molar-refractivity contribution < 1.29 is 59.4 Å². The van der Waals surface area contributed by atoms with Crippen molar-refractivity contribution in [1.82, 2.24) is 0 Å². The predicted molar refractivity (Wildman–Crippen MR) is 132 cm³/mol.